The Morgan fingerprint density at radius 1 is 1.37 bits per heavy atom. The van der Waals surface area contributed by atoms with Crippen LogP contribution in [0.15, 0.2) is 41.9 Å². The Morgan fingerprint density at radius 3 is 2.79 bits per heavy atom. The summed E-state index contributed by atoms with van der Waals surface area (Å²) in [5.74, 6) is 0. The van der Waals surface area contributed by atoms with Gasteiger partial charge in [0.1, 0.15) is 6.61 Å². The number of benzene rings is 1. The monoisotopic (exact) mass is 278 g/mol. The molecule has 0 bridgehead atoms. The second-order valence-corrected chi connectivity index (χ2v) is 4.60. The molecule has 0 saturated carbocycles. The highest BCUT2D eigenvalue weighted by Gasteiger charge is 2.18. The van der Waals surface area contributed by atoms with E-state index in [0.717, 1.165) is 5.56 Å². The second kappa shape index (κ2) is 6.86. The number of anilines is 1. The van der Waals surface area contributed by atoms with E-state index in [1.54, 1.807) is 11.6 Å². The van der Waals surface area contributed by atoms with Crippen LogP contribution in [0.2, 0.25) is 0 Å². The molecule has 2 aromatic rings. The van der Waals surface area contributed by atoms with Crippen LogP contribution in [0.4, 0.5) is 9.93 Å². The maximum Gasteiger partial charge on any atom is 0.416 e. The molecule has 0 atom stereocenters. The molecule has 0 aliphatic heterocycles. The van der Waals surface area contributed by atoms with Gasteiger partial charge in [0.15, 0.2) is 5.13 Å². The molecule has 0 radical (unpaired) electrons. The molecule has 1 amide bonds. The van der Waals surface area contributed by atoms with E-state index in [0.29, 0.717) is 5.13 Å². The summed E-state index contributed by atoms with van der Waals surface area (Å²) in [7, 11) is 0. The zero-order chi connectivity index (χ0) is 13.5. The summed E-state index contributed by atoms with van der Waals surface area (Å²) in [6.07, 6.45) is 1.10. The average molecular weight is 278 g/mol. The van der Waals surface area contributed by atoms with Crippen molar-refractivity contribution in [1.82, 2.24) is 4.98 Å². The smallest absolute Gasteiger partial charge is 0.416 e. The first-order valence-electron chi connectivity index (χ1n) is 5.80. The highest BCUT2D eigenvalue weighted by molar-refractivity contribution is 7.13. The summed E-state index contributed by atoms with van der Waals surface area (Å²) >= 11 is 1.32. The van der Waals surface area contributed by atoms with Gasteiger partial charge in [0, 0.05) is 11.6 Å². The van der Waals surface area contributed by atoms with Crippen molar-refractivity contribution in [3.63, 3.8) is 0 Å². The summed E-state index contributed by atoms with van der Waals surface area (Å²) in [4.78, 5) is 17.3. The van der Waals surface area contributed by atoms with Gasteiger partial charge in [-0.1, -0.05) is 30.3 Å². The molecule has 19 heavy (non-hydrogen) atoms. The van der Waals surface area contributed by atoms with Gasteiger partial charge in [-0.15, -0.1) is 11.3 Å². The van der Waals surface area contributed by atoms with Gasteiger partial charge in [0.05, 0.1) is 13.2 Å². The lowest BCUT2D eigenvalue weighted by atomic mass is 10.2. The molecule has 5 nitrogen and oxygen atoms in total. The van der Waals surface area contributed by atoms with Gasteiger partial charge in [-0.3, -0.25) is 4.90 Å². The number of amides is 1. The van der Waals surface area contributed by atoms with E-state index < -0.39 is 6.09 Å². The van der Waals surface area contributed by atoms with Gasteiger partial charge in [-0.2, -0.15) is 0 Å². The Kier molecular flexibility index (Phi) is 4.88. The van der Waals surface area contributed by atoms with E-state index in [9.17, 15) is 4.79 Å². The van der Waals surface area contributed by atoms with Crippen LogP contribution in [-0.2, 0) is 11.3 Å². The molecule has 0 fully saturated rings. The lowest BCUT2D eigenvalue weighted by Crippen LogP contribution is -2.33. The molecule has 2 rings (SSSR count). The van der Waals surface area contributed by atoms with E-state index in [-0.39, 0.29) is 19.8 Å². The van der Waals surface area contributed by atoms with E-state index in [4.69, 9.17) is 9.84 Å². The molecule has 100 valence electrons. The minimum atomic E-state index is -0.507. The maximum absolute atomic E-state index is 12.0. The lowest BCUT2D eigenvalue weighted by molar-refractivity contribution is 0.145. The number of carbonyl (C=O) groups excluding carboxylic acids is 1. The fourth-order valence-corrected chi connectivity index (χ4v) is 2.17. The van der Waals surface area contributed by atoms with E-state index in [1.165, 1.54) is 16.2 Å². The first-order chi connectivity index (χ1) is 9.31. The third-order valence-electron chi connectivity index (χ3n) is 2.40. The standard InChI is InChI=1S/C13H14N2O3S/c16-8-7-15(12-14-6-9-19-12)13(17)18-10-11-4-2-1-3-5-11/h1-6,9,16H,7-8,10H2. The number of ether oxygens (including phenoxy) is 1. The number of nitrogens with zero attached hydrogens (tertiary/aromatic N) is 2. The minimum Gasteiger partial charge on any atom is -0.444 e. The van der Waals surface area contributed by atoms with Crippen LogP contribution in [0.5, 0.6) is 0 Å². The van der Waals surface area contributed by atoms with Crippen molar-refractivity contribution in [3.8, 4) is 0 Å². The number of hydrogen-bond donors (Lipinski definition) is 1. The van der Waals surface area contributed by atoms with Crippen LogP contribution < -0.4 is 4.90 Å². The van der Waals surface area contributed by atoms with Crippen molar-refractivity contribution in [3.05, 3.63) is 47.5 Å². The SMILES string of the molecule is O=C(OCc1ccccc1)N(CCO)c1nccs1. The van der Waals surface area contributed by atoms with Crippen molar-refractivity contribution in [1.29, 1.82) is 0 Å². The van der Waals surface area contributed by atoms with Gasteiger partial charge in [0.2, 0.25) is 0 Å². The number of aromatic nitrogens is 1. The van der Waals surface area contributed by atoms with Crippen molar-refractivity contribution >= 4 is 22.6 Å². The maximum atomic E-state index is 12.0. The largest absolute Gasteiger partial charge is 0.444 e. The Bertz CT molecular complexity index is 502. The fourth-order valence-electron chi connectivity index (χ4n) is 1.51. The van der Waals surface area contributed by atoms with Crippen LogP contribution >= 0.6 is 11.3 Å². The van der Waals surface area contributed by atoms with Crippen LogP contribution in [-0.4, -0.2) is 29.3 Å². The summed E-state index contributed by atoms with van der Waals surface area (Å²) in [5.41, 5.74) is 0.916. The molecule has 1 N–H and O–H groups in total. The van der Waals surface area contributed by atoms with Gasteiger partial charge in [-0.25, -0.2) is 9.78 Å². The molecule has 0 aliphatic rings. The molecular weight excluding hydrogens is 264 g/mol. The van der Waals surface area contributed by atoms with Gasteiger partial charge < -0.3 is 9.84 Å². The minimum absolute atomic E-state index is 0.139. The number of carbonyl (C=O) groups is 1. The highest BCUT2D eigenvalue weighted by atomic mass is 32.1. The molecule has 1 heterocycles. The molecule has 0 unspecified atom stereocenters. The van der Waals surface area contributed by atoms with Crippen molar-refractivity contribution in [2.24, 2.45) is 0 Å². The number of rotatable bonds is 5. The summed E-state index contributed by atoms with van der Waals surface area (Å²) in [6, 6.07) is 9.43. The summed E-state index contributed by atoms with van der Waals surface area (Å²) in [6.45, 7) is 0.230. The molecular formula is C13H14N2O3S. The van der Waals surface area contributed by atoms with Crippen LogP contribution in [0.1, 0.15) is 5.56 Å². The van der Waals surface area contributed by atoms with Gasteiger partial charge in [-0.05, 0) is 5.56 Å². The predicted molar refractivity (Wildman–Crippen MR) is 73.2 cm³/mol. The van der Waals surface area contributed by atoms with E-state index >= 15 is 0 Å². The van der Waals surface area contributed by atoms with Crippen molar-refractivity contribution in [2.75, 3.05) is 18.1 Å². The Labute approximate surface area is 115 Å². The van der Waals surface area contributed by atoms with Crippen molar-refractivity contribution in [2.45, 2.75) is 6.61 Å². The molecule has 0 spiro atoms. The summed E-state index contributed by atoms with van der Waals surface area (Å²) < 4.78 is 5.21. The first-order valence-corrected chi connectivity index (χ1v) is 6.68. The number of thiazole rings is 1. The normalized spacial score (nSPS) is 10.2. The number of aliphatic hydroxyl groups is 1. The highest BCUT2D eigenvalue weighted by Crippen LogP contribution is 2.18. The molecule has 0 aliphatic carbocycles. The molecule has 1 aromatic heterocycles. The second-order valence-electron chi connectivity index (χ2n) is 3.73. The van der Waals surface area contributed by atoms with Crippen LogP contribution in [0, 0.1) is 0 Å². The fraction of sp³-hybridized carbons (Fsp3) is 0.231. The zero-order valence-corrected chi connectivity index (χ0v) is 11.0. The van der Waals surface area contributed by atoms with Crippen LogP contribution in [0.3, 0.4) is 0 Å². The van der Waals surface area contributed by atoms with Crippen molar-refractivity contribution < 1.29 is 14.6 Å². The number of hydrogen-bond acceptors (Lipinski definition) is 5. The quantitative estimate of drug-likeness (QED) is 0.911. The number of aliphatic hydroxyl groups excluding tert-OH is 1. The topological polar surface area (TPSA) is 62.7 Å². The molecule has 0 saturated heterocycles. The van der Waals surface area contributed by atoms with Gasteiger partial charge >= 0.3 is 6.09 Å². The first kappa shape index (κ1) is 13.5. The Morgan fingerprint density at radius 2 is 2.16 bits per heavy atom. The molecule has 6 heteroatoms. The Balaban J connectivity index is 1.97. The third-order valence-corrected chi connectivity index (χ3v) is 3.19. The predicted octanol–water partition coefficient (Wildman–Crippen LogP) is 2.28. The lowest BCUT2D eigenvalue weighted by Gasteiger charge is -2.18. The third kappa shape index (κ3) is 3.77. The van der Waals surface area contributed by atoms with E-state index in [2.05, 4.69) is 4.98 Å². The average Bonchev–Trinajstić information content (AvgIpc) is 2.97. The van der Waals surface area contributed by atoms with Gasteiger partial charge in [0.25, 0.3) is 0 Å². The summed E-state index contributed by atoms with van der Waals surface area (Å²) in [5, 5.41) is 11.3. The zero-order valence-electron chi connectivity index (χ0n) is 10.2. The van der Waals surface area contributed by atoms with E-state index in [1.807, 2.05) is 30.3 Å². The Hall–Kier alpha value is -1.92. The molecule has 1 aromatic carbocycles. The van der Waals surface area contributed by atoms with Crippen LogP contribution in [0.25, 0.3) is 0 Å².